The number of halogens is 2. The maximum absolute atomic E-state index is 14.2. The summed E-state index contributed by atoms with van der Waals surface area (Å²) >= 11 is 0. The molecule has 0 N–H and O–H groups in total. The van der Waals surface area contributed by atoms with Crippen LogP contribution in [0.5, 0.6) is 5.75 Å². The normalized spacial score (nSPS) is 18.7. The van der Waals surface area contributed by atoms with Crippen LogP contribution in [0.15, 0.2) is 48.6 Å². The van der Waals surface area contributed by atoms with E-state index in [9.17, 15) is 8.78 Å². The van der Waals surface area contributed by atoms with Gasteiger partial charge in [0.15, 0.2) is 11.6 Å². The second kappa shape index (κ2) is 13.5. The molecule has 1 nitrogen and oxygen atoms in total. The van der Waals surface area contributed by atoms with Gasteiger partial charge in [-0.25, -0.2) is 4.39 Å². The van der Waals surface area contributed by atoms with Crippen molar-refractivity contribution in [2.75, 3.05) is 6.61 Å². The zero-order chi connectivity index (χ0) is 23.5. The Morgan fingerprint density at radius 2 is 1.61 bits per heavy atom. The number of hydrogen-bond donors (Lipinski definition) is 0. The van der Waals surface area contributed by atoms with Crippen molar-refractivity contribution in [2.45, 2.75) is 90.4 Å². The van der Waals surface area contributed by atoms with Crippen LogP contribution in [0.2, 0.25) is 0 Å². The highest BCUT2D eigenvalue weighted by Crippen LogP contribution is 2.36. The zero-order valence-corrected chi connectivity index (χ0v) is 20.4. The van der Waals surface area contributed by atoms with Crippen LogP contribution in [0.25, 0.3) is 0 Å². The molecule has 0 bridgehead atoms. The van der Waals surface area contributed by atoms with Crippen molar-refractivity contribution >= 4 is 0 Å². The van der Waals surface area contributed by atoms with Crippen LogP contribution < -0.4 is 4.74 Å². The summed E-state index contributed by atoms with van der Waals surface area (Å²) in [7, 11) is 0. The van der Waals surface area contributed by atoms with E-state index in [1.54, 1.807) is 13.0 Å². The summed E-state index contributed by atoms with van der Waals surface area (Å²) in [5.74, 6) is -0.388. The molecular weight excluding hydrogens is 414 g/mol. The highest BCUT2D eigenvalue weighted by Gasteiger charge is 2.21. The van der Waals surface area contributed by atoms with Crippen LogP contribution >= 0.6 is 0 Å². The molecule has 3 heteroatoms. The molecule has 33 heavy (non-hydrogen) atoms. The minimum Gasteiger partial charge on any atom is -0.491 e. The third kappa shape index (κ3) is 7.69. The van der Waals surface area contributed by atoms with Gasteiger partial charge in [-0.05, 0) is 92.9 Å². The Balaban J connectivity index is 1.40. The maximum atomic E-state index is 14.2. The number of allylic oxidation sites excluding steroid dienone is 2. The summed E-state index contributed by atoms with van der Waals surface area (Å²) in [4.78, 5) is 0. The average Bonchev–Trinajstić information content (AvgIpc) is 2.84. The number of ether oxygens (including phenoxy) is 1. The molecule has 2 aromatic rings. The Labute approximate surface area is 199 Å². The fraction of sp³-hybridized carbons (Fsp3) is 0.533. The topological polar surface area (TPSA) is 9.23 Å². The van der Waals surface area contributed by atoms with E-state index in [-0.39, 0.29) is 5.75 Å². The van der Waals surface area contributed by atoms with Crippen molar-refractivity contribution in [1.82, 2.24) is 0 Å². The van der Waals surface area contributed by atoms with E-state index < -0.39 is 11.6 Å². The first-order valence-electron chi connectivity index (χ1n) is 13.0. The minimum absolute atomic E-state index is 0.00679. The second-order valence-corrected chi connectivity index (χ2v) is 9.41. The molecule has 0 aromatic heterocycles. The van der Waals surface area contributed by atoms with Crippen molar-refractivity contribution < 1.29 is 13.5 Å². The van der Waals surface area contributed by atoms with E-state index in [1.165, 1.54) is 75.0 Å². The fourth-order valence-electron chi connectivity index (χ4n) is 4.92. The molecule has 1 saturated carbocycles. The molecule has 180 valence electrons. The molecular formula is C30H40F2O. The monoisotopic (exact) mass is 454 g/mol. The lowest BCUT2D eigenvalue weighted by atomic mass is 9.78. The van der Waals surface area contributed by atoms with Gasteiger partial charge in [0.2, 0.25) is 5.82 Å². The van der Waals surface area contributed by atoms with Gasteiger partial charge < -0.3 is 4.74 Å². The fourth-order valence-corrected chi connectivity index (χ4v) is 4.92. The second-order valence-electron chi connectivity index (χ2n) is 9.41. The largest absolute Gasteiger partial charge is 0.491 e. The van der Waals surface area contributed by atoms with Gasteiger partial charge in [-0.2, -0.15) is 4.39 Å². The van der Waals surface area contributed by atoms with Gasteiger partial charge in [0, 0.05) is 0 Å². The number of aryl methyl sites for hydroxylation is 2. The van der Waals surface area contributed by atoms with Crippen molar-refractivity contribution in [3.63, 3.8) is 0 Å². The van der Waals surface area contributed by atoms with Gasteiger partial charge in [-0.1, -0.05) is 68.7 Å². The Hall–Kier alpha value is -2.16. The first-order chi connectivity index (χ1) is 16.1. The van der Waals surface area contributed by atoms with E-state index in [2.05, 4.69) is 43.3 Å². The molecule has 0 spiro atoms. The summed E-state index contributed by atoms with van der Waals surface area (Å²) in [5, 5.41) is 0. The predicted octanol–water partition coefficient (Wildman–Crippen LogP) is 8.95. The lowest BCUT2D eigenvalue weighted by Crippen LogP contribution is -2.11. The highest BCUT2D eigenvalue weighted by molar-refractivity contribution is 5.31. The predicted molar refractivity (Wildman–Crippen MR) is 134 cm³/mol. The highest BCUT2D eigenvalue weighted by atomic mass is 19.2. The maximum Gasteiger partial charge on any atom is 0.200 e. The van der Waals surface area contributed by atoms with Gasteiger partial charge in [0.05, 0.1) is 6.61 Å². The molecule has 0 unspecified atom stereocenters. The first-order valence-corrected chi connectivity index (χ1v) is 13.0. The third-order valence-corrected chi connectivity index (χ3v) is 6.96. The molecule has 0 radical (unpaired) electrons. The van der Waals surface area contributed by atoms with Crippen molar-refractivity contribution in [1.29, 1.82) is 0 Å². The Morgan fingerprint density at radius 1 is 0.848 bits per heavy atom. The van der Waals surface area contributed by atoms with E-state index >= 15 is 0 Å². The van der Waals surface area contributed by atoms with Crippen molar-refractivity contribution in [2.24, 2.45) is 5.92 Å². The SMILES string of the molecule is CCCCCCc1ccc(C2CCC(/C=C/CCc3ccc(OCC)c(F)c3F)CC2)cc1. The lowest BCUT2D eigenvalue weighted by molar-refractivity contribution is 0.313. The molecule has 2 aromatic carbocycles. The van der Waals surface area contributed by atoms with Crippen molar-refractivity contribution in [3.05, 3.63) is 76.9 Å². The van der Waals surface area contributed by atoms with E-state index in [1.807, 2.05) is 0 Å². The average molecular weight is 455 g/mol. The molecule has 0 atom stereocenters. The van der Waals surface area contributed by atoms with Gasteiger partial charge >= 0.3 is 0 Å². The molecule has 0 amide bonds. The molecule has 0 saturated heterocycles. The number of rotatable bonds is 12. The van der Waals surface area contributed by atoms with Crippen LogP contribution in [0.1, 0.15) is 94.2 Å². The Morgan fingerprint density at radius 3 is 2.30 bits per heavy atom. The van der Waals surface area contributed by atoms with Crippen LogP contribution in [-0.4, -0.2) is 6.61 Å². The quantitative estimate of drug-likeness (QED) is 0.230. The smallest absolute Gasteiger partial charge is 0.200 e. The number of unbranched alkanes of at least 4 members (excludes halogenated alkanes) is 3. The summed E-state index contributed by atoms with van der Waals surface area (Å²) in [6.45, 7) is 4.34. The van der Waals surface area contributed by atoms with Crippen LogP contribution in [-0.2, 0) is 12.8 Å². The van der Waals surface area contributed by atoms with E-state index in [0.29, 0.717) is 30.4 Å². The molecule has 0 heterocycles. The van der Waals surface area contributed by atoms with E-state index in [0.717, 1.165) is 6.42 Å². The van der Waals surface area contributed by atoms with Crippen LogP contribution in [0.3, 0.4) is 0 Å². The molecule has 1 fully saturated rings. The van der Waals surface area contributed by atoms with Crippen LogP contribution in [0.4, 0.5) is 8.78 Å². The zero-order valence-electron chi connectivity index (χ0n) is 20.4. The van der Waals surface area contributed by atoms with Gasteiger partial charge in [0.1, 0.15) is 0 Å². The summed E-state index contributed by atoms with van der Waals surface area (Å²) < 4.78 is 33.3. The first kappa shape index (κ1) is 25.5. The van der Waals surface area contributed by atoms with E-state index in [4.69, 9.17) is 4.74 Å². The summed E-state index contributed by atoms with van der Waals surface area (Å²) in [6.07, 6.45) is 17.0. The Bertz CT molecular complexity index is 864. The molecule has 0 aliphatic heterocycles. The van der Waals surface area contributed by atoms with Crippen LogP contribution in [0, 0.1) is 17.6 Å². The molecule has 1 aliphatic rings. The molecule has 1 aliphatic carbocycles. The number of hydrogen-bond acceptors (Lipinski definition) is 1. The summed E-state index contributed by atoms with van der Waals surface area (Å²) in [6, 6.07) is 12.5. The lowest BCUT2D eigenvalue weighted by Gasteiger charge is -2.27. The third-order valence-electron chi connectivity index (χ3n) is 6.96. The standard InChI is InChI=1S/C30H40F2O/c1-3-5-6-7-10-23-13-17-25(18-14-23)26-19-15-24(16-20-26)11-8-9-12-27-21-22-28(33-4-2)30(32)29(27)31/h8,11,13-14,17-18,21-22,24,26H,3-7,9-10,12,15-16,19-20H2,1-2H3/b11-8+. The molecule has 3 rings (SSSR count). The van der Waals surface area contributed by atoms with Crippen molar-refractivity contribution in [3.8, 4) is 5.75 Å². The van der Waals surface area contributed by atoms with Gasteiger partial charge in [-0.3, -0.25) is 0 Å². The minimum atomic E-state index is -0.874. The summed E-state index contributed by atoms with van der Waals surface area (Å²) in [5.41, 5.74) is 3.37. The van der Waals surface area contributed by atoms with Gasteiger partial charge in [-0.15, -0.1) is 0 Å². The number of benzene rings is 2. The Kier molecular flexibility index (Phi) is 10.4. The van der Waals surface area contributed by atoms with Gasteiger partial charge in [0.25, 0.3) is 0 Å².